The van der Waals surface area contributed by atoms with Crippen LogP contribution in [-0.4, -0.2) is 41.9 Å². The Morgan fingerprint density at radius 2 is 1.65 bits per heavy atom. The van der Waals surface area contributed by atoms with Gasteiger partial charge in [-0.3, -0.25) is 9.59 Å². The third kappa shape index (κ3) is 6.94. The van der Waals surface area contributed by atoms with Crippen molar-refractivity contribution in [3.63, 3.8) is 0 Å². The van der Waals surface area contributed by atoms with Crippen LogP contribution in [-0.2, 0) is 9.53 Å². The monoisotopic (exact) mass is 514 g/mol. The Morgan fingerprint density at radius 1 is 0.973 bits per heavy atom. The third-order valence-electron chi connectivity index (χ3n) is 5.52. The molecule has 0 aliphatic heterocycles. The second kappa shape index (κ2) is 12.7. The molecule has 1 aromatic heterocycles. The van der Waals surface area contributed by atoms with Gasteiger partial charge in [0.25, 0.3) is 11.8 Å². The summed E-state index contributed by atoms with van der Waals surface area (Å²) >= 11 is 6.11. The molecule has 0 fully saturated rings. The van der Waals surface area contributed by atoms with Crippen molar-refractivity contribution in [2.24, 2.45) is 0 Å². The zero-order valence-corrected chi connectivity index (χ0v) is 21.1. The first-order valence-corrected chi connectivity index (χ1v) is 12.2. The van der Waals surface area contributed by atoms with Crippen molar-refractivity contribution in [3.8, 4) is 16.9 Å². The number of benzene rings is 3. The Labute approximate surface area is 220 Å². The van der Waals surface area contributed by atoms with Gasteiger partial charge in [-0.05, 0) is 48.9 Å². The van der Waals surface area contributed by atoms with Crippen molar-refractivity contribution in [2.45, 2.75) is 6.42 Å². The highest BCUT2D eigenvalue weighted by Crippen LogP contribution is 2.27. The number of ether oxygens (including phenoxy) is 1. The van der Waals surface area contributed by atoms with Crippen LogP contribution >= 0.6 is 11.6 Å². The van der Waals surface area contributed by atoms with E-state index < -0.39 is 5.91 Å². The van der Waals surface area contributed by atoms with Gasteiger partial charge in [0, 0.05) is 48.2 Å². The van der Waals surface area contributed by atoms with Gasteiger partial charge in [-0.2, -0.15) is 5.10 Å². The van der Waals surface area contributed by atoms with Crippen molar-refractivity contribution in [2.75, 3.05) is 20.3 Å². The predicted octanol–water partition coefficient (Wildman–Crippen LogP) is 5.12. The van der Waals surface area contributed by atoms with Crippen molar-refractivity contribution in [3.05, 3.63) is 113 Å². The summed E-state index contributed by atoms with van der Waals surface area (Å²) in [6, 6.07) is 25.7. The van der Waals surface area contributed by atoms with E-state index in [0.717, 1.165) is 11.3 Å². The van der Waals surface area contributed by atoms with Crippen LogP contribution in [0.2, 0.25) is 5.02 Å². The number of nitrogens with one attached hydrogen (secondary N) is 2. The highest BCUT2D eigenvalue weighted by atomic mass is 35.5. The van der Waals surface area contributed by atoms with Crippen LogP contribution in [0.1, 0.15) is 22.3 Å². The van der Waals surface area contributed by atoms with E-state index in [1.54, 1.807) is 54.3 Å². The quantitative estimate of drug-likeness (QED) is 0.227. The number of hydrogen-bond donors (Lipinski definition) is 2. The Hall–Kier alpha value is -4.20. The van der Waals surface area contributed by atoms with Crippen molar-refractivity contribution in [1.82, 2.24) is 20.4 Å². The summed E-state index contributed by atoms with van der Waals surface area (Å²) in [6.45, 7) is 0.915. The highest BCUT2D eigenvalue weighted by Gasteiger charge is 2.18. The standard InChI is InChI=1S/C29H27ClN4O3/c1-37-18-8-17-31-29(36)26(32-28(35)22-9-4-2-5-10-22)19-23-20-34(25-11-6-3-7-12-25)33-27(23)21-13-15-24(30)16-14-21/h2-7,9-16,19-20H,8,17-18H2,1H3,(H,31,36)(H,32,35)/b26-19-. The van der Waals surface area contributed by atoms with Gasteiger partial charge in [-0.1, -0.05) is 60.1 Å². The topological polar surface area (TPSA) is 85.2 Å². The third-order valence-corrected chi connectivity index (χ3v) is 5.77. The number of carbonyl (C=O) groups is 2. The van der Waals surface area contributed by atoms with Crippen molar-refractivity contribution < 1.29 is 14.3 Å². The second-order valence-electron chi connectivity index (χ2n) is 8.20. The van der Waals surface area contributed by atoms with Gasteiger partial charge in [-0.15, -0.1) is 0 Å². The van der Waals surface area contributed by atoms with Crippen LogP contribution in [0.25, 0.3) is 23.0 Å². The van der Waals surface area contributed by atoms with Crippen LogP contribution < -0.4 is 10.6 Å². The van der Waals surface area contributed by atoms with Crippen LogP contribution in [0.3, 0.4) is 0 Å². The molecule has 8 heteroatoms. The number of methoxy groups -OCH3 is 1. The molecule has 0 saturated heterocycles. The summed E-state index contributed by atoms with van der Waals surface area (Å²) in [5.74, 6) is -0.794. The number of aromatic nitrogens is 2. The molecule has 7 nitrogen and oxygen atoms in total. The predicted molar refractivity (Wildman–Crippen MR) is 145 cm³/mol. The summed E-state index contributed by atoms with van der Waals surface area (Å²) < 4.78 is 6.80. The molecule has 188 valence electrons. The molecule has 0 saturated carbocycles. The number of hydrogen-bond acceptors (Lipinski definition) is 4. The van der Waals surface area contributed by atoms with Gasteiger partial charge in [-0.25, -0.2) is 4.68 Å². The maximum Gasteiger partial charge on any atom is 0.267 e. The van der Waals surface area contributed by atoms with Gasteiger partial charge in [0.1, 0.15) is 11.4 Å². The van der Waals surface area contributed by atoms with E-state index in [2.05, 4.69) is 10.6 Å². The molecule has 2 amide bonds. The molecule has 3 aromatic carbocycles. The summed E-state index contributed by atoms with van der Waals surface area (Å²) in [5.41, 5.74) is 3.52. The van der Waals surface area contributed by atoms with Crippen LogP contribution in [0.15, 0.2) is 96.8 Å². The Kier molecular flexibility index (Phi) is 8.86. The number of amides is 2. The van der Waals surface area contributed by atoms with Gasteiger partial charge in [0.2, 0.25) is 0 Å². The number of rotatable bonds is 10. The average Bonchev–Trinajstić information content (AvgIpc) is 3.36. The van der Waals surface area contributed by atoms with Crippen LogP contribution in [0.5, 0.6) is 0 Å². The minimum Gasteiger partial charge on any atom is -0.385 e. The fourth-order valence-electron chi connectivity index (χ4n) is 3.65. The largest absolute Gasteiger partial charge is 0.385 e. The molecule has 0 radical (unpaired) electrons. The molecule has 0 unspecified atom stereocenters. The number of carbonyl (C=O) groups excluding carboxylic acids is 2. The molecule has 0 bridgehead atoms. The van der Waals surface area contributed by atoms with E-state index in [1.165, 1.54) is 0 Å². The molecule has 0 atom stereocenters. The van der Waals surface area contributed by atoms with E-state index in [1.807, 2.05) is 54.7 Å². The number of halogens is 1. The minimum atomic E-state index is -0.407. The summed E-state index contributed by atoms with van der Waals surface area (Å²) in [4.78, 5) is 26.1. The lowest BCUT2D eigenvalue weighted by molar-refractivity contribution is -0.117. The SMILES string of the molecule is COCCCNC(=O)/C(=C/c1cn(-c2ccccc2)nc1-c1ccc(Cl)cc1)NC(=O)c1ccccc1. The van der Waals surface area contributed by atoms with E-state index >= 15 is 0 Å². The first-order chi connectivity index (χ1) is 18.0. The fraction of sp³-hybridized carbons (Fsp3) is 0.138. The van der Waals surface area contributed by atoms with Crippen LogP contribution in [0.4, 0.5) is 0 Å². The summed E-state index contributed by atoms with van der Waals surface area (Å²) in [5, 5.41) is 11.0. The molecule has 4 rings (SSSR count). The van der Waals surface area contributed by atoms with E-state index in [9.17, 15) is 9.59 Å². The average molecular weight is 515 g/mol. The smallest absolute Gasteiger partial charge is 0.267 e. The molecule has 0 spiro atoms. The Balaban J connectivity index is 1.75. The molecular weight excluding hydrogens is 488 g/mol. The van der Waals surface area contributed by atoms with Crippen LogP contribution in [0, 0.1) is 0 Å². The molecule has 37 heavy (non-hydrogen) atoms. The highest BCUT2D eigenvalue weighted by molar-refractivity contribution is 6.30. The number of para-hydroxylation sites is 1. The Morgan fingerprint density at radius 3 is 2.32 bits per heavy atom. The van der Waals surface area contributed by atoms with Gasteiger partial charge >= 0.3 is 0 Å². The van der Waals surface area contributed by atoms with E-state index in [4.69, 9.17) is 21.4 Å². The lowest BCUT2D eigenvalue weighted by Crippen LogP contribution is -2.35. The summed E-state index contributed by atoms with van der Waals surface area (Å²) in [7, 11) is 1.61. The van der Waals surface area contributed by atoms with E-state index in [-0.39, 0.29) is 11.6 Å². The molecule has 4 aromatic rings. The zero-order chi connectivity index (χ0) is 26.0. The minimum absolute atomic E-state index is 0.106. The fourth-order valence-corrected chi connectivity index (χ4v) is 3.78. The maximum absolute atomic E-state index is 13.2. The zero-order valence-electron chi connectivity index (χ0n) is 20.4. The lowest BCUT2D eigenvalue weighted by atomic mass is 10.1. The molecular formula is C29H27ClN4O3. The molecule has 1 heterocycles. The number of nitrogens with zero attached hydrogens (tertiary/aromatic N) is 2. The molecule has 0 aliphatic carbocycles. The molecule has 0 aliphatic rings. The normalized spacial score (nSPS) is 11.2. The maximum atomic E-state index is 13.2. The molecule has 2 N–H and O–H groups in total. The second-order valence-corrected chi connectivity index (χ2v) is 8.64. The van der Waals surface area contributed by atoms with Gasteiger partial charge in [0.05, 0.1) is 5.69 Å². The van der Waals surface area contributed by atoms with Gasteiger partial charge < -0.3 is 15.4 Å². The van der Waals surface area contributed by atoms with Gasteiger partial charge in [0.15, 0.2) is 0 Å². The lowest BCUT2D eigenvalue weighted by Gasteiger charge is -2.11. The first kappa shape index (κ1) is 25.9. The van der Waals surface area contributed by atoms with E-state index in [0.29, 0.717) is 41.4 Å². The van der Waals surface area contributed by atoms with Crippen molar-refractivity contribution in [1.29, 1.82) is 0 Å². The first-order valence-electron chi connectivity index (χ1n) is 11.8. The van der Waals surface area contributed by atoms with Crippen molar-refractivity contribution >= 4 is 29.5 Å². The Bertz CT molecular complexity index is 1370. The summed E-state index contributed by atoms with van der Waals surface area (Å²) in [6.07, 6.45) is 4.11.